The summed E-state index contributed by atoms with van der Waals surface area (Å²) < 4.78 is 74.2. The number of phenols is 2. The summed E-state index contributed by atoms with van der Waals surface area (Å²) >= 11 is 0. The van der Waals surface area contributed by atoms with Gasteiger partial charge in [0.25, 0.3) is 22.9 Å². The van der Waals surface area contributed by atoms with Crippen LogP contribution in [-0.4, -0.2) is 148 Å². The lowest BCUT2D eigenvalue weighted by atomic mass is 9.96. The number of carbonyl (C=O) groups excluding carboxylic acids is 4. The van der Waals surface area contributed by atoms with Crippen LogP contribution in [0.3, 0.4) is 0 Å². The van der Waals surface area contributed by atoms with Gasteiger partial charge in [0.15, 0.2) is 22.9 Å². The van der Waals surface area contributed by atoms with E-state index in [0.29, 0.717) is 34.6 Å². The van der Waals surface area contributed by atoms with Crippen LogP contribution in [-0.2, 0) is 23.9 Å². The zero-order valence-corrected chi connectivity index (χ0v) is 54.5. The summed E-state index contributed by atoms with van der Waals surface area (Å²) in [5.41, 5.74) is -1.26. The molecule has 11 heterocycles. The molecule has 4 amide bonds. The Labute approximate surface area is 548 Å². The van der Waals surface area contributed by atoms with E-state index in [1.165, 1.54) is 65.2 Å². The van der Waals surface area contributed by atoms with Crippen molar-refractivity contribution in [3.63, 3.8) is 0 Å². The van der Waals surface area contributed by atoms with Crippen molar-refractivity contribution in [2.75, 3.05) is 59.0 Å². The molecular formula is C71H70F4N12O9. The summed E-state index contributed by atoms with van der Waals surface area (Å²) in [6.45, 7) is 21.6. The maximum absolute atomic E-state index is 17.1. The molecule has 96 heavy (non-hydrogen) atoms. The number of hydrogen-bond acceptors (Lipinski definition) is 15. The van der Waals surface area contributed by atoms with Crippen LogP contribution in [0.1, 0.15) is 102 Å². The molecule has 6 aromatic heterocycles. The molecule has 13 rings (SSSR count). The van der Waals surface area contributed by atoms with Crippen molar-refractivity contribution in [3.8, 4) is 45.4 Å². The monoisotopic (exact) mass is 1310 g/mol. The van der Waals surface area contributed by atoms with Gasteiger partial charge < -0.3 is 39.4 Å². The van der Waals surface area contributed by atoms with Crippen molar-refractivity contribution in [1.29, 1.82) is 0 Å². The lowest BCUT2D eigenvalue weighted by Gasteiger charge is -2.51. The van der Waals surface area contributed by atoms with Gasteiger partial charge in [-0.15, -0.1) is 0 Å². The summed E-state index contributed by atoms with van der Waals surface area (Å²) in [6.07, 6.45) is 5.89. The predicted molar refractivity (Wildman–Crippen MR) is 355 cm³/mol. The molecule has 0 spiro atoms. The molecule has 0 radical (unpaired) electrons. The van der Waals surface area contributed by atoms with Gasteiger partial charge in [-0.3, -0.25) is 52.8 Å². The third-order valence-electron chi connectivity index (χ3n) is 19.0. The molecule has 3 saturated heterocycles. The third-order valence-corrected chi connectivity index (χ3v) is 19.0. The van der Waals surface area contributed by atoms with Gasteiger partial charge in [-0.2, -0.15) is 0 Å². The van der Waals surface area contributed by atoms with Crippen molar-refractivity contribution in [1.82, 2.24) is 38.9 Å². The number of hydrogen-bond donors (Lipinski definition) is 2. The molecular weight excluding hydrogens is 1240 g/mol. The van der Waals surface area contributed by atoms with Crippen molar-refractivity contribution in [3.05, 3.63) is 158 Å². The van der Waals surface area contributed by atoms with E-state index >= 15 is 31.9 Å². The molecule has 5 atom stereocenters. The number of anilines is 4. The van der Waals surface area contributed by atoms with E-state index in [0.717, 1.165) is 30.3 Å². The average Bonchev–Trinajstić information content (AvgIpc) is 0.768. The molecule has 5 unspecified atom stereocenters. The number of amides is 4. The highest BCUT2D eigenvalue weighted by Gasteiger charge is 2.51. The normalized spacial score (nSPS) is 19.6. The fraction of sp³-hybridized carbons (Fsp3) is 0.352. The Kier molecular flexibility index (Phi) is 16.2. The molecule has 0 saturated carbocycles. The zero-order chi connectivity index (χ0) is 68.5. The first kappa shape index (κ1) is 64.4. The van der Waals surface area contributed by atoms with E-state index in [1.807, 2.05) is 27.7 Å². The van der Waals surface area contributed by atoms with Gasteiger partial charge in [0.05, 0.1) is 76.7 Å². The smallest absolute Gasteiger partial charge is 0.283 e. The number of aromatic hydroxyl groups is 2. The summed E-state index contributed by atoms with van der Waals surface area (Å²) in [4.78, 5) is 119. The van der Waals surface area contributed by atoms with Crippen LogP contribution in [0.2, 0.25) is 0 Å². The highest BCUT2D eigenvalue weighted by Crippen LogP contribution is 2.48. The van der Waals surface area contributed by atoms with Crippen LogP contribution >= 0.6 is 0 Å². The fourth-order valence-electron chi connectivity index (χ4n) is 14.6. The van der Waals surface area contributed by atoms with Gasteiger partial charge >= 0.3 is 0 Å². The second-order valence-corrected chi connectivity index (χ2v) is 26.2. The van der Waals surface area contributed by atoms with E-state index in [9.17, 15) is 24.6 Å². The van der Waals surface area contributed by atoms with Gasteiger partial charge in [0, 0.05) is 60.9 Å². The summed E-state index contributed by atoms with van der Waals surface area (Å²) in [5.74, 6) is -7.95. The standard InChI is InChI=1S/C71H70F4N12O9/c1-12-52(90)80-30-48-68(92)84(35(6)7)64-62(82(48)28-38(80)10)42-26-46(74)59(55-45(73)16-14-18-51(55)89)79-67(42)87(70(64)94)61-37(9)25-40(77-57(61)34(4)5)19-20-53(91)81-31-49-69(93)85(41-22-24-96-32-41)65-63(83(49)29-39(81)11)43-27-47(75)58(54-44(72)15-13-17-50(54)88)78-66(43)86(71(65)95)60-36(8)21-23-76-56(60)33(2)3/h12-21,23,25-27,33-35,38-39,41,48-49,88-89H,1,22,24,28-32H2,2-11H3/b20-19-. The van der Waals surface area contributed by atoms with Crippen molar-refractivity contribution in [2.45, 2.75) is 124 Å². The highest BCUT2D eigenvalue weighted by molar-refractivity contribution is 6.14. The van der Waals surface area contributed by atoms with Crippen LogP contribution < -0.4 is 30.7 Å². The second-order valence-electron chi connectivity index (χ2n) is 26.2. The van der Waals surface area contributed by atoms with Crippen LogP contribution in [0, 0.1) is 37.1 Å². The molecule has 0 bridgehead atoms. The minimum Gasteiger partial charge on any atom is -0.507 e. The van der Waals surface area contributed by atoms with E-state index < -0.39 is 134 Å². The van der Waals surface area contributed by atoms with Gasteiger partial charge in [-0.05, 0) is 132 Å². The number of halogens is 4. The van der Waals surface area contributed by atoms with E-state index in [-0.39, 0.29) is 102 Å². The number of rotatable bonds is 11. The van der Waals surface area contributed by atoms with E-state index in [4.69, 9.17) is 19.7 Å². The summed E-state index contributed by atoms with van der Waals surface area (Å²) in [6, 6.07) is 7.85. The fourth-order valence-corrected chi connectivity index (χ4v) is 14.6. The number of benzene rings is 2. The van der Waals surface area contributed by atoms with Gasteiger partial charge in [-0.25, -0.2) is 27.5 Å². The summed E-state index contributed by atoms with van der Waals surface area (Å²) in [5, 5.41) is 22.2. The van der Waals surface area contributed by atoms with Crippen LogP contribution in [0.5, 0.6) is 11.5 Å². The maximum atomic E-state index is 17.1. The predicted octanol–water partition coefficient (Wildman–Crippen LogP) is 9.64. The Balaban J connectivity index is 0.925. The zero-order valence-electron chi connectivity index (χ0n) is 54.5. The summed E-state index contributed by atoms with van der Waals surface area (Å²) in [7, 11) is 0. The number of piperazine rings is 2. The number of phenolic OH excluding ortho intramolecular Hbond substituents is 2. The molecule has 25 heteroatoms. The van der Waals surface area contributed by atoms with Crippen LogP contribution in [0.25, 0.3) is 62.0 Å². The molecule has 5 aliphatic heterocycles. The first-order chi connectivity index (χ1) is 45.7. The van der Waals surface area contributed by atoms with Gasteiger partial charge in [0.1, 0.15) is 58.0 Å². The minimum absolute atomic E-state index is 0.0366. The Morgan fingerprint density at radius 3 is 1.66 bits per heavy atom. The number of aryl methyl sites for hydroxylation is 2. The maximum Gasteiger partial charge on any atom is 0.283 e. The Bertz CT molecular complexity index is 4790. The number of aromatic nitrogens is 6. The third kappa shape index (κ3) is 10.1. The molecule has 0 aliphatic carbocycles. The number of nitrogens with zero attached hydrogens (tertiary/aromatic N) is 12. The van der Waals surface area contributed by atoms with Crippen molar-refractivity contribution < 1.29 is 51.7 Å². The highest BCUT2D eigenvalue weighted by atomic mass is 19.1. The molecule has 8 aromatic rings. The minimum atomic E-state index is -1.15. The number of pyridine rings is 6. The van der Waals surface area contributed by atoms with Gasteiger partial charge in [-0.1, -0.05) is 46.4 Å². The lowest BCUT2D eigenvalue weighted by molar-refractivity contribution is -0.132. The number of carbonyl (C=O) groups is 4. The molecule has 5 aliphatic rings. The Hall–Kier alpha value is -10.3. The lowest BCUT2D eigenvalue weighted by Crippen LogP contribution is -2.68. The number of fused-ring (bicyclic) bond motifs is 10. The molecule has 3 fully saturated rings. The Morgan fingerprint density at radius 2 is 1.15 bits per heavy atom. The topological polar surface area (TPSA) is 233 Å². The number of ether oxygens (including phenoxy) is 1. The molecule has 496 valence electrons. The van der Waals surface area contributed by atoms with E-state index in [1.54, 1.807) is 69.7 Å². The van der Waals surface area contributed by atoms with Crippen LogP contribution in [0.15, 0.2) is 95.2 Å². The largest absolute Gasteiger partial charge is 0.507 e. The van der Waals surface area contributed by atoms with Crippen LogP contribution in [0.4, 0.5) is 40.3 Å². The molecule has 2 aromatic carbocycles. The van der Waals surface area contributed by atoms with Gasteiger partial charge in [0.2, 0.25) is 11.8 Å². The quantitative estimate of drug-likeness (QED) is 0.0906. The second kappa shape index (κ2) is 24.2. The van der Waals surface area contributed by atoms with Crippen molar-refractivity contribution >= 4 is 74.5 Å². The van der Waals surface area contributed by atoms with Crippen molar-refractivity contribution in [2.24, 2.45) is 0 Å². The molecule has 21 nitrogen and oxygen atoms in total. The first-order valence-corrected chi connectivity index (χ1v) is 31.9. The average molecular weight is 1310 g/mol. The Morgan fingerprint density at radius 1 is 0.625 bits per heavy atom. The molecule has 2 N–H and O–H groups in total. The van der Waals surface area contributed by atoms with E-state index in [2.05, 4.69) is 11.6 Å². The first-order valence-electron chi connectivity index (χ1n) is 31.9. The SMILES string of the molecule is C=CC(=O)N1CC2C(=O)N(C(C)C)c3c(c4cc(F)c(-c5c(O)cccc5F)nc4n(-c4c(C)cc(/C=C\C(=O)N5CC6C(=O)N(C7CCOC7)c7c(c8cc(F)c(-c9c(O)cccc9F)nc8n(-c8c(C)ccnc8C(C)C)c7=O)N6CC5C)nc4C(C)C)c3=O)N2CC1C.